The molecule has 124 valence electrons. The monoisotopic (exact) mass is 310 g/mol. The molecule has 0 aliphatic carbocycles. The van der Waals surface area contributed by atoms with E-state index in [0.717, 1.165) is 19.6 Å². The molecule has 0 saturated carbocycles. The maximum absolute atomic E-state index is 12.4. The quantitative estimate of drug-likeness (QED) is 0.872. The fourth-order valence-corrected chi connectivity index (χ4v) is 2.42. The SMILES string of the molecule is CC[C@H](NC(=O)N1CC[C@H](OCC(C)C)C1)c1noc(C)n1. The van der Waals surface area contributed by atoms with Crippen molar-refractivity contribution in [2.45, 2.75) is 52.7 Å². The fraction of sp³-hybridized carbons (Fsp3) is 0.800. The van der Waals surface area contributed by atoms with Crippen LogP contribution in [0, 0.1) is 12.8 Å². The average molecular weight is 310 g/mol. The molecular weight excluding hydrogens is 284 g/mol. The van der Waals surface area contributed by atoms with Crippen molar-refractivity contribution in [1.29, 1.82) is 0 Å². The number of carbonyl (C=O) groups excluding carboxylic acids is 1. The number of carbonyl (C=O) groups is 1. The number of amides is 2. The summed E-state index contributed by atoms with van der Waals surface area (Å²) < 4.78 is 10.8. The second-order valence-electron chi connectivity index (χ2n) is 6.17. The minimum atomic E-state index is -0.222. The third-order valence-corrected chi connectivity index (χ3v) is 3.66. The van der Waals surface area contributed by atoms with Crippen LogP contribution in [0.4, 0.5) is 4.79 Å². The first-order valence-electron chi connectivity index (χ1n) is 7.96. The summed E-state index contributed by atoms with van der Waals surface area (Å²) in [6.07, 6.45) is 1.74. The van der Waals surface area contributed by atoms with E-state index in [2.05, 4.69) is 29.3 Å². The molecular formula is C15H26N4O3. The van der Waals surface area contributed by atoms with Crippen LogP contribution in [0.5, 0.6) is 0 Å². The smallest absolute Gasteiger partial charge is 0.318 e. The summed E-state index contributed by atoms with van der Waals surface area (Å²) in [6, 6.07) is -0.314. The molecule has 1 aromatic heterocycles. The van der Waals surface area contributed by atoms with E-state index in [1.54, 1.807) is 11.8 Å². The van der Waals surface area contributed by atoms with Crippen LogP contribution in [0.15, 0.2) is 4.52 Å². The van der Waals surface area contributed by atoms with E-state index < -0.39 is 0 Å². The lowest BCUT2D eigenvalue weighted by molar-refractivity contribution is 0.0435. The molecule has 22 heavy (non-hydrogen) atoms. The molecule has 2 atom stereocenters. The van der Waals surface area contributed by atoms with Crippen LogP contribution in [-0.4, -0.2) is 46.9 Å². The van der Waals surface area contributed by atoms with E-state index in [4.69, 9.17) is 9.26 Å². The van der Waals surface area contributed by atoms with Crippen LogP contribution in [0.25, 0.3) is 0 Å². The minimum absolute atomic E-state index is 0.0926. The lowest BCUT2D eigenvalue weighted by Crippen LogP contribution is -2.41. The maximum atomic E-state index is 12.4. The van der Waals surface area contributed by atoms with E-state index in [1.165, 1.54) is 0 Å². The molecule has 2 rings (SSSR count). The Labute approximate surface area is 131 Å². The van der Waals surface area contributed by atoms with Gasteiger partial charge in [0.1, 0.15) is 0 Å². The Morgan fingerprint density at radius 3 is 2.91 bits per heavy atom. The standard InChI is InChI=1S/C15H26N4O3/c1-5-13(14-16-11(4)22-18-14)17-15(20)19-7-6-12(8-19)21-9-10(2)3/h10,12-13H,5-9H2,1-4H3,(H,17,20)/t12-,13-/m0/s1. The number of rotatable bonds is 6. The first-order valence-corrected chi connectivity index (χ1v) is 7.96. The Bertz CT molecular complexity index is 489. The molecule has 1 aliphatic rings. The van der Waals surface area contributed by atoms with Gasteiger partial charge in [-0.05, 0) is 18.8 Å². The summed E-state index contributed by atoms with van der Waals surface area (Å²) in [5.74, 6) is 1.54. The summed E-state index contributed by atoms with van der Waals surface area (Å²) in [5, 5.41) is 6.86. The molecule has 7 nitrogen and oxygen atoms in total. The van der Waals surface area contributed by atoms with Crippen LogP contribution < -0.4 is 5.32 Å². The topological polar surface area (TPSA) is 80.5 Å². The van der Waals surface area contributed by atoms with Crippen LogP contribution >= 0.6 is 0 Å². The Hall–Kier alpha value is -1.63. The average Bonchev–Trinajstić information content (AvgIpc) is 3.11. The van der Waals surface area contributed by atoms with Crippen LogP contribution in [-0.2, 0) is 4.74 Å². The molecule has 1 aromatic rings. The fourth-order valence-electron chi connectivity index (χ4n) is 2.42. The van der Waals surface area contributed by atoms with Gasteiger partial charge in [-0.25, -0.2) is 4.79 Å². The van der Waals surface area contributed by atoms with Gasteiger partial charge in [-0.3, -0.25) is 0 Å². The third-order valence-electron chi connectivity index (χ3n) is 3.66. The molecule has 1 N–H and O–H groups in total. The van der Waals surface area contributed by atoms with Gasteiger partial charge in [0.05, 0.1) is 12.1 Å². The Balaban J connectivity index is 1.84. The normalized spacial score (nSPS) is 19.7. The highest BCUT2D eigenvalue weighted by Crippen LogP contribution is 2.17. The maximum Gasteiger partial charge on any atom is 0.318 e. The van der Waals surface area contributed by atoms with Crippen LogP contribution in [0.3, 0.4) is 0 Å². The number of aromatic nitrogens is 2. The molecule has 0 aromatic carbocycles. The number of hydrogen-bond donors (Lipinski definition) is 1. The van der Waals surface area contributed by atoms with Crippen molar-refractivity contribution in [3.05, 3.63) is 11.7 Å². The van der Waals surface area contributed by atoms with Gasteiger partial charge in [-0.1, -0.05) is 25.9 Å². The van der Waals surface area contributed by atoms with E-state index in [9.17, 15) is 4.79 Å². The minimum Gasteiger partial charge on any atom is -0.376 e. The van der Waals surface area contributed by atoms with Gasteiger partial charge in [0, 0.05) is 26.6 Å². The van der Waals surface area contributed by atoms with Crippen molar-refractivity contribution < 1.29 is 14.1 Å². The van der Waals surface area contributed by atoms with E-state index in [-0.39, 0.29) is 18.2 Å². The van der Waals surface area contributed by atoms with Crippen molar-refractivity contribution in [1.82, 2.24) is 20.4 Å². The lowest BCUT2D eigenvalue weighted by atomic mass is 10.2. The Kier molecular flexibility index (Phi) is 5.76. The van der Waals surface area contributed by atoms with Gasteiger partial charge in [0.25, 0.3) is 0 Å². The first-order chi connectivity index (χ1) is 10.5. The highest BCUT2D eigenvalue weighted by atomic mass is 16.5. The molecule has 7 heteroatoms. The van der Waals surface area contributed by atoms with Crippen molar-refractivity contribution in [3.63, 3.8) is 0 Å². The van der Waals surface area contributed by atoms with Gasteiger partial charge < -0.3 is 19.5 Å². The number of ether oxygens (including phenoxy) is 1. The van der Waals surface area contributed by atoms with E-state index in [1.807, 2.05) is 6.92 Å². The first kappa shape index (κ1) is 16.7. The van der Waals surface area contributed by atoms with Gasteiger partial charge in [0.15, 0.2) is 5.82 Å². The van der Waals surface area contributed by atoms with E-state index in [0.29, 0.717) is 30.6 Å². The summed E-state index contributed by atoms with van der Waals surface area (Å²) in [5.41, 5.74) is 0. The summed E-state index contributed by atoms with van der Waals surface area (Å²) >= 11 is 0. The number of aryl methyl sites for hydroxylation is 1. The Morgan fingerprint density at radius 1 is 1.55 bits per heavy atom. The lowest BCUT2D eigenvalue weighted by Gasteiger charge is -2.21. The van der Waals surface area contributed by atoms with Gasteiger partial charge in [0.2, 0.25) is 5.89 Å². The largest absolute Gasteiger partial charge is 0.376 e. The number of urea groups is 1. The Morgan fingerprint density at radius 2 is 2.32 bits per heavy atom. The van der Waals surface area contributed by atoms with Crippen LogP contribution in [0.1, 0.15) is 51.4 Å². The zero-order valence-corrected chi connectivity index (χ0v) is 13.8. The molecule has 1 aliphatic heterocycles. The molecule has 1 fully saturated rings. The van der Waals surface area contributed by atoms with Gasteiger partial charge in [-0.2, -0.15) is 4.98 Å². The highest BCUT2D eigenvalue weighted by molar-refractivity contribution is 5.75. The number of likely N-dealkylation sites (tertiary alicyclic amines) is 1. The zero-order chi connectivity index (χ0) is 16.1. The second kappa shape index (κ2) is 7.58. The summed E-state index contributed by atoms with van der Waals surface area (Å²) in [4.78, 5) is 18.3. The predicted octanol–water partition coefficient (Wildman–Crippen LogP) is 2.29. The highest BCUT2D eigenvalue weighted by Gasteiger charge is 2.29. The second-order valence-corrected chi connectivity index (χ2v) is 6.17. The summed E-state index contributed by atoms with van der Waals surface area (Å²) in [6.45, 7) is 10.1. The van der Waals surface area contributed by atoms with Crippen molar-refractivity contribution in [3.8, 4) is 0 Å². The van der Waals surface area contributed by atoms with Crippen molar-refractivity contribution in [2.75, 3.05) is 19.7 Å². The molecule has 1 saturated heterocycles. The summed E-state index contributed by atoms with van der Waals surface area (Å²) in [7, 11) is 0. The molecule has 0 radical (unpaired) electrons. The zero-order valence-electron chi connectivity index (χ0n) is 13.8. The van der Waals surface area contributed by atoms with E-state index >= 15 is 0 Å². The molecule has 2 amide bonds. The number of nitrogens with zero attached hydrogens (tertiary/aromatic N) is 3. The molecule has 0 bridgehead atoms. The van der Waals surface area contributed by atoms with Gasteiger partial charge in [-0.15, -0.1) is 0 Å². The molecule has 2 heterocycles. The third kappa shape index (κ3) is 4.43. The number of hydrogen-bond acceptors (Lipinski definition) is 5. The molecule has 0 unspecified atom stereocenters. The van der Waals surface area contributed by atoms with Crippen LogP contribution in [0.2, 0.25) is 0 Å². The van der Waals surface area contributed by atoms with Gasteiger partial charge >= 0.3 is 6.03 Å². The predicted molar refractivity (Wildman–Crippen MR) is 81.4 cm³/mol. The van der Waals surface area contributed by atoms with Crippen molar-refractivity contribution >= 4 is 6.03 Å². The number of nitrogens with one attached hydrogen (secondary N) is 1. The molecule has 0 spiro atoms. The van der Waals surface area contributed by atoms with Crippen molar-refractivity contribution in [2.24, 2.45) is 5.92 Å².